The van der Waals surface area contributed by atoms with Gasteiger partial charge >= 0.3 is 12.1 Å². The van der Waals surface area contributed by atoms with E-state index >= 15 is 0 Å². The van der Waals surface area contributed by atoms with Gasteiger partial charge in [0.05, 0.1) is 28.6 Å². The quantitative estimate of drug-likeness (QED) is 0.200. The summed E-state index contributed by atoms with van der Waals surface area (Å²) < 4.78 is 49.9. The van der Waals surface area contributed by atoms with Crippen molar-refractivity contribution >= 4 is 23.6 Å². The number of nitrogens with zero attached hydrogens (tertiary/aromatic N) is 1. The van der Waals surface area contributed by atoms with Crippen LogP contribution in [0.25, 0.3) is 17.3 Å². The van der Waals surface area contributed by atoms with Gasteiger partial charge in [-0.3, -0.25) is 0 Å². The number of halogens is 4. The molecule has 0 aliphatic rings. The van der Waals surface area contributed by atoms with Gasteiger partial charge in [0.1, 0.15) is 11.9 Å². The molecule has 3 aromatic rings. The van der Waals surface area contributed by atoms with Crippen molar-refractivity contribution in [1.29, 1.82) is 0 Å². The predicted octanol–water partition coefficient (Wildman–Crippen LogP) is 8.31. The van der Waals surface area contributed by atoms with Crippen molar-refractivity contribution in [3.63, 3.8) is 0 Å². The Morgan fingerprint density at radius 2 is 1.83 bits per heavy atom. The van der Waals surface area contributed by atoms with Crippen LogP contribution in [0.5, 0.6) is 5.75 Å². The molecule has 2 aromatic carbocycles. The molecule has 0 aliphatic carbocycles. The number of alkyl halides is 3. The molecule has 0 saturated carbocycles. The lowest BCUT2D eigenvalue weighted by Gasteiger charge is -2.20. The fourth-order valence-corrected chi connectivity index (χ4v) is 3.74. The van der Waals surface area contributed by atoms with Crippen LogP contribution in [-0.2, 0) is 15.7 Å². The smallest absolute Gasteiger partial charge is 0.416 e. The van der Waals surface area contributed by atoms with E-state index in [0.717, 1.165) is 25.0 Å². The molecule has 0 amide bonds. The zero-order valence-electron chi connectivity index (χ0n) is 20.0. The van der Waals surface area contributed by atoms with Crippen molar-refractivity contribution in [2.45, 2.75) is 45.4 Å². The Hall–Kier alpha value is -3.32. The van der Waals surface area contributed by atoms with Crippen LogP contribution in [0, 0.1) is 0 Å². The summed E-state index contributed by atoms with van der Waals surface area (Å²) in [6.45, 7) is 4.09. The van der Waals surface area contributed by atoms with Crippen LogP contribution >= 0.6 is 11.6 Å². The molecule has 4 nitrogen and oxygen atoms in total. The van der Waals surface area contributed by atoms with Crippen molar-refractivity contribution in [2.75, 3.05) is 6.61 Å². The van der Waals surface area contributed by atoms with Gasteiger partial charge in [0, 0.05) is 11.6 Å². The molecule has 0 bridgehead atoms. The van der Waals surface area contributed by atoms with Crippen LogP contribution in [0.15, 0.2) is 66.7 Å². The minimum absolute atomic E-state index is 0.289. The molecule has 1 aromatic heterocycles. The maximum Gasteiger partial charge on any atom is 0.416 e. The van der Waals surface area contributed by atoms with Gasteiger partial charge in [-0.25, -0.2) is 9.78 Å². The third-order valence-corrected chi connectivity index (χ3v) is 5.69. The average molecular weight is 518 g/mol. The van der Waals surface area contributed by atoms with Gasteiger partial charge in [-0.15, -0.1) is 0 Å². The van der Waals surface area contributed by atoms with E-state index < -0.39 is 17.7 Å². The Balaban J connectivity index is 1.82. The molecule has 0 aliphatic heterocycles. The predicted molar refractivity (Wildman–Crippen MR) is 135 cm³/mol. The Morgan fingerprint density at radius 3 is 2.47 bits per heavy atom. The number of pyridine rings is 1. The Labute approximate surface area is 213 Å². The van der Waals surface area contributed by atoms with E-state index in [9.17, 15) is 18.0 Å². The van der Waals surface area contributed by atoms with Crippen molar-refractivity contribution in [1.82, 2.24) is 4.98 Å². The summed E-state index contributed by atoms with van der Waals surface area (Å²) >= 11 is 6.39. The number of hydrogen-bond acceptors (Lipinski definition) is 4. The summed E-state index contributed by atoms with van der Waals surface area (Å²) in [5.74, 6) is 0.0867. The largest absolute Gasteiger partial charge is 0.484 e. The molecule has 0 fully saturated rings. The summed E-state index contributed by atoms with van der Waals surface area (Å²) in [4.78, 5) is 16.2. The maximum absolute atomic E-state index is 12.9. The highest BCUT2D eigenvalue weighted by atomic mass is 35.5. The molecular formula is C28H27ClF3NO3. The topological polar surface area (TPSA) is 48.4 Å². The third kappa shape index (κ3) is 7.59. The van der Waals surface area contributed by atoms with Crippen molar-refractivity contribution in [3.05, 3.63) is 88.6 Å². The Morgan fingerprint density at radius 1 is 1.08 bits per heavy atom. The molecule has 3 rings (SSSR count). The number of carbonyl (C=O) groups excluding carboxylic acids is 1. The molecule has 36 heavy (non-hydrogen) atoms. The number of benzene rings is 2. The highest BCUT2D eigenvalue weighted by Crippen LogP contribution is 2.32. The molecule has 0 radical (unpaired) electrons. The average Bonchev–Trinajstić information content (AvgIpc) is 2.86. The fraction of sp³-hybridized carbons (Fsp3) is 0.286. The first kappa shape index (κ1) is 27.3. The van der Waals surface area contributed by atoms with Crippen LogP contribution in [0.4, 0.5) is 13.2 Å². The van der Waals surface area contributed by atoms with E-state index in [1.54, 1.807) is 37.3 Å². The molecule has 1 unspecified atom stereocenters. The van der Waals surface area contributed by atoms with E-state index in [4.69, 9.17) is 21.1 Å². The van der Waals surface area contributed by atoms with Crippen molar-refractivity contribution < 1.29 is 27.4 Å². The molecule has 1 heterocycles. The second kappa shape index (κ2) is 12.6. The number of aromatic nitrogens is 1. The van der Waals surface area contributed by atoms with Crippen LogP contribution in [-0.4, -0.2) is 17.6 Å². The minimum Gasteiger partial charge on any atom is -0.484 e. The number of esters is 1. The molecule has 0 spiro atoms. The van der Waals surface area contributed by atoms with E-state index in [2.05, 4.69) is 11.9 Å². The third-order valence-electron chi connectivity index (χ3n) is 5.36. The molecular weight excluding hydrogens is 491 g/mol. The van der Waals surface area contributed by atoms with Gasteiger partial charge in [-0.05, 0) is 73.9 Å². The van der Waals surface area contributed by atoms with Gasteiger partial charge < -0.3 is 9.47 Å². The summed E-state index contributed by atoms with van der Waals surface area (Å²) in [6, 6.07) is 15.5. The standard InChI is InChI=1S/C28H27ClF3NO3/c1-3-5-9-26(36-22-16-12-19(23(29)18-22)13-17-27(34)35-4-2)25-8-6-7-24(33-25)20-10-14-21(15-11-20)28(30,31)32/h6-8,10-18,26H,3-5,9H2,1-2H3. The highest BCUT2D eigenvalue weighted by Gasteiger charge is 2.30. The van der Waals surface area contributed by atoms with Gasteiger partial charge in [-0.1, -0.05) is 43.1 Å². The van der Waals surface area contributed by atoms with Gasteiger partial charge in [-0.2, -0.15) is 13.2 Å². The SMILES string of the molecule is CCCCC(Oc1ccc(C=CC(=O)OCC)c(Cl)c1)c1cccc(-c2ccc(C(F)(F)F)cc2)n1. The minimum atomic E-state index is -4.39. The fourth-order valence-electron chi connectivity index (χ4n) is 3.51. The van der Waals surface area contributed by atoms with Crippen LogP contribution in [0.3, 0.4) is 0 Å². The monoisotopic (exact) mass is 517 g/mol. The molecule has 0 saturated heterocycles. The second-order valence-electron chi connectivity index (χ2n) is 8.04. The zero-order chi connectivity index (χ0) is 26.1. The first-order valence-corrected chi connectivity index (χ1v) is 12.0. The second-order valence-corrected chi connectivity index (χ2v) is 8.45. The molecule has 8 heteroatoms. The van der Waals surface area contributed by atoms with E-state index in [-0.39, 0.29) is 12.7 Å². The number of carbonyl (C=O) groups is 1. The number of ether oxygens (including phenoxy) is 2. The summed E-state index contributed by atoms with van der Waals surface area (Å²) in [5, 5.41) is 0.411. The van der Waals surface area contributed by atoms with Crippen molar-refractivity contribution in [3.8, 4) is 17.0 Å². The van der Waals surface area contributed by atoms with Crippen LogP contribution < -0.4 is 4.74 Å². The Bertz CT molecular complexity index is 1190. The first-order chi connectivity index (χ1) is 17.2. The van der Waals surface area contributed by atoms with Gasteiger partial charge in [0.2, 0.25) is 0 Å². The normalized spacial score (nSPS) is 12.5. The molecule has 190 valence electrons. The summed E-state index contributed by atoms with van der Waals surface area (Å²) in [6.07, 6.45) is 0.665. The lowest BCUT2D eigenvalue weighted by Crippen LogP contribution is -2.10. The number of rotatable bonds is 10. The summed E-state index contributed by atoms with van der Waals surface area (Å²) in [7, 11) is 0. The lowest BCUT2D eigenvalue weighted by molar-refractivity contribution is -0.138. The number of unbranched alkanes of at least 4 members (excludes halogenated alkanes) is 1. The van der Waals surface area contributed by atoms with E-state index in [1.165, 1.54) is 18.2 Å². The summed E-state index contributed by atoms with van der Waals surface area (Å²) in [5.41, 5.74) is 1.75. The van der Waals surface area contributed by atoms with Gasteiger partial charge in [0.25, 0.3) is 0 Å². The van der Waals surface area contributed by atoms with Crippen LogP contribution in [0.1, 0.15) is 56.0 Å². The number of hydrogen-bond donors (Lipinski definition) is 0. The Kier molecular flexibility index (Phi) is 9.53. The maximum atomic E-state index is 12.9. The molecule has 0 N–H and O–H groups in total. The first-order valence-electron chi connectivity index (χ1n) is 11.7. The van der Waals surface area contributed by atoms with Gasteiger partial charge in [0.15, 0.2) is 0 Å². The van der Waals surface area contributed by atoms with E-state index in [1.807, 2.05) is 12.1 Å². The van der Waals surface area contributed by atoms with Crippen molar-refractivity contribution in [2.24, 2.45) is 0 Å². The lowest BCUT2D eigenvalue weighted by atomic mass is 10.1. The highest BCUT2D eigenvalue weighted by molar-refractivity contribution is 6.32. The van der Waals surface area contributed by atoms with E-state index in [0.29, 0.717) is 39.7 Å². The zero-order valence-corrected chi connectivity index (χ0v) is 20.8. The molecule has 1 atom stereocenters. The van der Waals surface area contributed by atoms with Crippen LogP contribution in [0.2, 0.25) is 5.02 Å².